The maximum Gasteiger partial charge on any atom is 0.248 e. The van der Waals surface area contributed by atoms with Crippen LogP contribution in [0.25, 0.3) is 0 Å². The van der Waals surface area contributed by atoms with E-state index in [4.69, 9.17) is 4.74 Å². The fourth-order valence-electron chi connectivity index (χ4n) is 2.83. The van der Waals surface area contributed by atoms with Gasteiger partial charge < -0.3 is 15.0 Å². The fourth-order valence-corrected chi connectivity index (χ4v) is 3.36. The molecule has 1 fully saturated rings. The van der Waals surface area contributed by atoms with E-state index in [2.05, 4.69) is 10.3 Å². The number of nitrogens with zero attached hydrogens (tertiary/aromatic N) is 2. The van der Waals surface area contributed by atoms with Crippen LogP contribution >= 0.6 is 11.3 Å². The molecule has 0 aliphatic carbocycles. The summed E-state index contributed by atoms with van der Waals surface area (Å²) in [6.07, 6.45) is 3.45. The van der Waals surface area contributed by atoms with Crippen LogP contribution in [-0.2, 0) is 16.0 Å². The molecule has 2 amide bonds. The molecule has 2 heterocycles. The highest BCUT2D eigenvalue weighted by Crippen LogP contribution is 2.21. The molecule has 0 radical (unpaired) electrons. The third-order valence-electron chi connectivity index (χ3n) is 4.05. The van der Waals surface area contributed by atoms with E-state index < -0.39 is 6.04 Å². The third kappa shape index (κ3) is 3.73. The van der Waals surface area contributed by atoms with E-state index in [0.717, 1.165) is 17.7 Å². The first-order valence-corrected chi connectivity index (χ1v) is 8.68. The normalized spacial score (nSPS) is 16.9. The van der Waals surface area contributed by atoms with E-state index in [1.165, 1.54) is 11.3 Å². The first-order chi connectivity index (χ1) is 11.7. The number of hydrogen-bond donors (Lipinski definition) is 1. The number of carbonyl (C=O) groups is 2. The topological polar surface area (TPSA) is 71.5 Å². The van der Waals surface area contributed by atoms with Crippen molar-refractivity contribution in [3.8, 4) is 5.75 Å². The van der Waals surface area contributed by atoms with Gasteiger partial charge in [-0.1, -0.05) is 12.1 Å². The molecule has 1 aromatic heterocycles. The number of anilines is 1. The number of carbonyl (C=O) groups excluding carboxylic acids is 2. The van der Waals surface area contributed by atoms with Crippen LogP contribution in [-0.4, -0.2) is 41.4 Å². The van der Waals surface area contributed by atoms with Crippen LogP contribution in [0.5, 0.6) is 5.75 Å². The van der Waals surface area contributed by atoms with Crippen LogP contribution in [0, 0.1) is 0 Å². The molecule has 3 rings (SSSR count). The van der Waals surface area contributed by atoms with Gasteiger partial charge in [-0.05, 0) is 30.5 Å². The second-order valence-electron chi connectivity index (χ2n) is 5.60. The average molecular weight is 345 g/mol. The molecule has 1 aliphatic rings. The molecule has 1 saturated heterocycles. The minimum absolute atomic E-state index is 0.0306. The van der Waals surface area contributed by atoms with Gasteiger partial charge in [0.25, 0.3) is 0 Å². The van der Waals surface area contributed by atoms with Crippen molar-refractivity contribution in [3.63, 3.8) is 0 Å². The maximum absolute atomic E-state index is 12.6. The number of nitrogens with one attached hydrogen (secondary N) is 1. The van der Waals surface area contributed by atoms with Crippen LogP contribution in [0.4, 0.5) is 5.13 Å². The molecule has 7 heteroatoms. The number of ether oxygens (including phenoxy) is 1. The van der Waals surface area contributed by atoms with Crippen molar-refractivity contribution in [1.82, 2.24) is 9.88 Å². The second kappa shape index (κ2) is 7.44. The molecule has 1 aromatic carbocycles. The molecule has 2 aromatic rings. The predicted molar refractivity (Wildman–Crippen MR) is 92.2 cm³/mol. The SMILES string of the molecule is COc1ccc(CC(=O)N2CCC[C@@H]2C(=O)Nc2nccs2)cc1. The van der Waals surface area contributed by atoms with E-state index in [9.17, 15) is 9.59 Å². The number of thiazole rings is 1. The lowest BCUT2D eigenvalue weighted by Gasteiger charge is -2.23. The molecular weight excluding hydrogens is 326 g/mol. The van der Waals surface area contributed by atoms with E-state index >= 15 is 0 Å². The first kappa shape index (κ1) is 16.4. The molecule has 1 atom stereocenters. The predicted octanol–water partition coefficient (Wildman–Crippen LogP) is 2.32. The van der Waals surface area contributed by atoms with Crippen LogP contribution in [0.1, 0.15) is 18.4 Å². The van der Waals surface area contributed by atoms with Gasteiger partial charge in [0.1, 0.15) is 11.8 Å². The molecule has 0 unspecified atom stereocenters. The number of benzene rings is 1. The van der Waals surface area contributed by atoms with Gasteiger partial charge in [0, 0.05) is 18.1 Å². The Labute approximate surface area is 144 Å². The molecule has 0 bridgehead atoms. The number of likely N-dealkylation sites (tertiary alicyclic amines) is 1. The Morgan fingerprint density at radius 1 is 1.38 bits per heavy atom. The molecule has 0 spiro atoms. The van der Waals surface area contributed by atoms with Crippen molar-refractivity contribution < 1.29 is 14.3 Å². The summed E-state index contributed by atoms with van der Waals surface area (Å²) in [4.78, 5) is 30.7. The summed E-state index contributed by atoms with van der Waals surface area (Å²) in [6, 6.07) is 6.99. The lowest BCUT2D eigenvalue weighted by Crippen LogP contribution is -2.43. The highest BCUT2D eigenvalue weighted by Gasteiger charge is 2.34. The molecule has 1 aliphatic heterocycles. The zero-order valence-electron chi connectivity index (χ0n) is 13.4. The molecule has 0 saturated carbocycles. The van der Waals surface area contributed by atoms with Crippen LogP contribution in [0.15, 0.2) is 35.8 Å². The number of methoxy groups -OCH3 is 1. The molecule has 6 nitrogen and oxygen atoms in total. The van der Waals surface area contributed by atoms with Crippen molar-refractivity contribution in [1.29, 1.82) is 0 Å². The van der Waals surface area contributed by atoms with Gasteiger partial charge in [0.05, 0.1) is 13.5 Å². The standard InChI is InChI=1S/C17H19N3O3S/c1-23-13-6-4-12(5-7-13)11-15(21)20-9-2-3-14(20)16(22)19-17-18-8-10-24-17/h4-8,10,14H,2-3,9,11H2,1H3,(H,18,19,22)/t14-/m1/s1. The van der Waals surface area contributed by atoms with Crippen LogP contribution in [0.3, 0.4) is 0 Å². The molecule has 1 N–H and O–H groups in total. The van der Waals surface area contributed by atoms with Gasteiger partial charge in [-0.3, -0.25) is 9.59 Å². The van der Waals surface area contributed by atoms with Gasteiger partial charge in [-0.15, -0.1) is 11.3 Å². The summed E-state index contributed by atoms with van der Waals surface area (Å²) in [5.41, 5.74) is 0.909. The molecular formula is C17H19N3O3S. The zero-order chi connectivity index (χ0) is 16.9. The Morgan fingerprint density at radius 2 is 2.17 bits per heavy atom. The Bertz CT molecular complexity index is 700. The van der Waals surface area contributed by atoms with Crippen molar-refractivity contribution in [2.24, 2.45) is 0 Å². The highest BCUT2D eigenvalue weighted by molar-refractivity contribution is 7.13. The Balaban J connectivity index is 1.63. The van der Waals surface area contributed by atoms with E-state index in [1.807, 2.05) is 24.3 Å². The van der Waals surface area contributed by atoms with E-state index in [-0.39, 0.29) is 18.2 Å². The number of rotatable bonds is 5. The Kier molecular flexibility index (Phi) is 5.10. The zero-order valence-corrected chi connectivity index (χ0v) is 14.2. The number of aromatic nitrogens is 1. The van der Waals surface area contributed by atoms with Gasteiger partial charge in [0.2, 0.25) is 11.8 Å². The summed E-state index contributed by atoms with van der Waals surface area (Å²) in [7, 11) is 1.61. The second-order valence-corrected chi connectivity index (χ2v) is 6.49. The van der Waals surface area contributed by atoms with Gasteiger partial charge in [-0.25, -0.2) is 4.98 Å². The fraction of sp³-hybridized carbons (Fsp3) is 0.353. The third-order valence-corrected chi connectivity index (χ3v) is 4.74. The minimum Gasteiger partial charge on any atom is -0.497 e. The maximum atomic E-state index is 12.6. The van der Waals surface area contributed by atoms with Crippen molar-refractivity contribution in [2.45, 2.75) is 25.3 Å². The highest BCUT2D eigenvalue weighted by atomic mass is 32.1. The smallest absolute Gasteiger partial charge is 0.248 e. The Morgan fingerprint density at radius 3 is 2.83 bits per heavy atom. The monoisotopic (exact) mass is 345 g/mol. The van der Waals surface area contributed by atoms with E-state index in [0.29, 0.717) is 18.1 Å². The lowest BCUT2D eigenvalue weighted by molar-refractivity contribution is -0.136. The summed E-state index contributed by atoms with van der Waals surface area (Å²) >= 11 is 1.37. The van der Waals surface area contributed by atoms with Crippen LogP contribution in [0.2, 0.25) is 0 Å². The van der Waals surface area contributed by atoms with Crippen molar-refractivity contribution in [3.05, 3.63) is 41.4 Å². The lowest BCUT2D eigenvalue weighted by atomic mass is 10.1. The quantitative estimate of drug-likeness (QED) is 0.903. The van der Waals surface area contributed by atoms with Gasteiger partial charge in [0.15, 0.2) is 5.13 Å². The summed E-state index contributed by atoms with van der Waals surface area (Å²) in [5.74, 6) is 0.565. The number of hydrogen-bond acceptors (Lipinski definition) is 5. The van der Waals surface area contributed by atoms with Crippen LogP contribution < -0.4 is 10.1 Å². The molecule has 24 heavy (non-hydrogen) atoms. The first-order valence-electron chi connectivity index (χ1n) is 7.80. The van der Waals surface area contributed by atoms with Gasteiger partial charge >= 0.3 is 0 Å². The summed E-state index contributed by atoms with van der Waals surface area (Å²) in [6.45, 7) is 0.616. The van der Waals surface area contributed by atoms with E-state index in [1.54, 1.807) is 23.6 Å². The molecule has 126 valence electrons. The Hall–Kier alpha value is -2.41. The minimum atomic E-state index is -0.417. The number of amides is 2. The van der Waals surface area contributed by atoms with Gasteiger partial charge in [-0.2, -0.15) is 0 Å². The van der Waals surface area contributed by atoms with Crippen molar-refractivity contribution >= 4 is 28.3 Å². The average Bonchev–Trinajstić information content (AvgIpc) is 3.27. The summed E-state index contributed by atoms with van der Waals surface area (Å²) < 4.78 is 5.12. The summed E-state index contributed by atoms with van der Waals surface area (Å²) in [5, 5.41) is 5.15. The van der Waals surface area contributed by atoms with Crippen molar-refractivity contribution in [2.75, 3.05) is 19.0 Å². The largest absolute Gasteiger partial charge is 0.497 e.